The highest BCUT2D eigenvalue weighted by molar-refractivity contribution is 7.10. The van der Waals surface area contributed by atoms with Crippen molar-refractivity contribution in [1.82, 2.24) is 0 Å². The highest BCUT2D eigenvalue weighted by atomic mass is 35.5. The van der Waals surface area contributed by atoms with Gasteiger partial charge in [0.15, 0.2) is 0 Å². The monoisotopic (exact) mass is 215 g/mol. The van der Waals surface area contributed by atoms with Crippen molar-refractivity contribution < 1.29 is 17.7 Å². The van der Waals surface area contributed by atoms with Crippen molar-refractivity contribution in [3.05, 3.63) is 22.4 Å². The Morgan fingerprint density at radius 1 is 1.46 bits per heavy atom. The van der Waals surface area contributed by atoms with E-state index in [1.165, 1.54) is 25.8 Å². The van der Waals surface area contributed by atoms with E-state index in [1.807, 2.05) is 11.3 Å². The summed E-state index contributed by atoms with van der Waals surface area (Å²) in [6.45, 7) is 1.35. The zero-order chi connectivity index (χ0) is 8.02. The van der Waals surface area contributed by atoms with Gasteiger partial charge >= 0.3 is 0 Å². The number of thiophene rings is 1. The van der Waals surface area contributed by atoms with Crippen molar-refractivity contribution in [3.8, 4) is 0 Å². The van der Waals surface area contributed by atoms with Crippen LogP contribution in [0.5, 0.6) is 0 Å². The summed E-state index contributed by atoms with van der Waals surface area (Å²) in [6.07, 6.45) is 4.32. The molecule has 0 unspecified atom stereocenters. The van der Waals surface area contributed by atoms with Crippen LogP contribution >= 0.6 is 11.3 Å². The summed E-state index contributed by atoms with van der Waals surface area (Å²) in [5, 5.41) is 4.79. The minimum Gasteiger partial charge on any atom is -1.00 e. The molecule has 2 heterocycles. The third kappa shape index (κ3) is 1.16. The van der Waals surface area contributed by atoms with Crippen LogP contribution in [0.3, 0.4) is 0 Å². The predicted octanol–water partition coefficient (Wildman–Crippen LogP) is -1.68. The van der Waals surface area contributed by atoms with Crippen molar-refractivity contribution in [2.45, 2.75) is 24.8 Å². The summed E-state index contributed by atoms with van der Waals surface area (Å²) < 4.78 is 0. The highest BCUT2D eigenvalue weighted by Crippen LogP contribution is 2.48. The Morgan fingerprint density at radius 3 is 2.92 bits per heavy atom. The van der Waals surface area contributed by atoms with Crippen LogP contribution in [0.15, 0.2) is 17.5 Å². The standard InChI is InChI=1S/C10H13NS.ClH/c1-2-9(12-7-1)10-5-3-8(10)4-6-11-10;/h1-2,7-8,11H,3-6H2;1H/t8-,10-;/m1./s1. The summed E-state index contributed by atoms with van der Waals surface area (Å²) >= 11 is 1.94. The molecule has 13 heavy (non-hydrogen) atoms. The first kappa shape index (κ1) is 9.50. The molecule has 2 aliphatic rings. The summed E-state index contributed by atoms with van der Waals surface area (Å²) in [5.41, 5.74) is 0.550. The molecule has 0 spiro atoms. The lowest BCUT2D eigenvalue weighted by molar-refractivity contribution is -0.730. The van der Waals surface area contributed by atoms with Gasteiger partial charge in [0, 0.05) is 18.8 Å². The molecule has 0 amide bonds. The first-order valence-corrected chi connectivity index (χ1v) is 5.68. The van der Waals surface area contributed by atoms with Crippen LogP contribution in [0.4, 0.5) is 0 Å². The van der Waals surface area contributed by atoms with Crippen molar-refractivity contribution >= 4 is 11.3 Å². The Morgan fingerprint density at radius 2 is 2.38 bits per heavy atom. The average Bonchev–Trinajstić information content (AvgIpc) is 2.61. The predicted molar refractivity (Wildman–Crippen MR) is 50.1 cm³/mol. The average molecular weight is 216 g/mol. The Kier molecular flexibility index (Phi) is 2.39. The number of hydrogen-bond acceptors (Lipinski definition) is 1. The Labute approximate surface area is 89.0 Å². The fourth-order valence-electron chi connectivity index (χ4n) is 2.84. The van der Waals surface area contributed by atoms with Crippen LogP contribution in [0.25, 0.3) is 0 Å². The molecule has 2 fully saturated rings. The molecule has 1 saturated heterocycles. The fourth-order valence-corrected chi connectivity index (χ4v) is 3.87. The molecular formula is C10H14ClNS. The summed E-state index contributed by atoms with van der Waals surface area (Å²) in [6, 6.07) is 4.51. The van der Waals surface area contributed by atoms with Crippen LogP contribution in [0.1, 0.15) is 24.1 Å². The fraction of sp³-hybridized carbons (Fsp3) is 0.600. The Balaban J connectivity index is 0.000000653. The lowest BCUT2D eigenvalue weighted by Gasteiger charge is -2.40. The number of quaternary nitrogens is 1. The lowest BCUT2D eigenvalue weighted by Crippen LogP contribution is -3.00. The van der Waals surface area contributed by atoms with Gasteiger partial charge in [-0.25, -0.2) is 0 Å². The van der Waals surface area contributed by atoms with Crippen LogP contribution in [0.2, 0.25) is 0 Å². The molecule has 1 aliphatic heterocycles. The molecule has 1 nitrogen and oxygen atoms in total. The van der Waals surface area contributed by atoms with Crippen molar-refractivity contribution in [1.29, 1.82) is 0 Å². The van der Waals surface area contributed by atoms with Crippen LogP contribution in [-0.4, -0.2) is 6.54 Å². The normalized spacial score (nSPS) is 36.2. The van der Waals surface area contributed by atoms with Crippen LogP contribution < -0.4 is 17.7 Å². The van der Waals surface area contributed by atoms with E-state index in [0.29, 0.717) is 5.54 Å². The van der Waals surface area contributed by atoms with Crippen LogP contribution in [-0.2, 0) is 5.54 Å². The molecule has 0 bridgehead atoms. The number of halogens is 1. The molecule has 2 N–H and O–H groups in total. The van der Waals surface area contributed by atoms with Gasteiger partial charge in [0.25, 0.3) is 0 Å². The first-order valence-electron chi connectivity index (χ1n) is 4.80. The van der Waals surface area contributed by atoms with Gasteiger partial charge in [-0.05, 0) is 17.9 Å². The molecule has 1 aromatic heterocycles. The smallest absolute Gasteiger partial charge is 0.134 e. The van der Waals surface area contributed by atoms with E-state index in [0.717, 1.165) is 5.92 Å². The number of fused-ring (bicyclic) bond motifs is 1. The maximum Gasteiger partial charge on any atom is 0.134 e. The number of rotatable bonds is 1. The maximum absolute atomic E-state index is 2.58. The van der Waals surface area contributed by atoms with Gasteiger partial charge in [-0.2, -0.15) is 0 Å². The Bertz CT molecular complexity index is 285. The van der Waals surface area contributed by atoms with Gasteiger partial charge in [-0.1, -0.05) is 6.07 Å². The molecule has 0 radical (unpaired) electrons. The topological polar surface area (TPSA) is 16.6 Å². The van der Waals surface area contributed by atoms with E-state index in [2.05, 4.69) is 22.8 Å². The van der Waals surface area contributed by atoms with Gasteiger partial charge in [-0.15, -0.1) is 11.3 Å². The summed E-state index contributed by atoms with van der Waals surface area (Å²) in [5.74, 6) is 0.996. The zero-order valence-corrected chi connectivity index (χ0v) is 9.07. The van der Waals surface area contributed by atoms with Gasteiger partial charge in [0.2, 0.25) is 0 Å². The van der Waals surface area contributed by atoms with Crippen molar-refractivity contribution in [2.75, 3.05) is 6.54 Å². The molecule has 3 rings (SSSR count). The van der Waals surface area contributed by atoms with E-state index in [1.54, 1.807) is 4.88 Å². The third-order valence-electron chi connectivity index (χ3n) is 3.64. The van der Waals surface area contributed by atoms with E-state index in [9.17, 15) is 0 Å². The van der Waals surface area contributed by atoms with Gasteiger partial charge in [-0.3, -0.25) is 0 Å². The molecule has 3 heteroatoms. The zero-order valence-electron chi connectivity index (χ0n) is 7.50. The third-order valence-corrected chi connectivity index (χ3v) is 4.70. The second kappa shape index (κ2) is 3.26. The van der Waals surface area contributed by atoms with E-state index in [4.69, 9.17) is 0 Å². The molecule has 2 atom stereocenters. The molecule has 1 saturated carbocycles. The molecule has 0 aromatic carbocycles. The number of hydrogen-bond donors (Lipinski definition) is 1. The second-order valence-electron chi connectivity index (χ2n) is 4.03. The highest BCUT2D eigenvalue weighted by Gasteiger charge is 2.55. The number of nitrogens with two attached hydrogens (primary N) is 1. The van der Waals surface area contributed by atoms with E-state index < -0.39 is 0 Å². The molecular weight excluding hydrogens is 202 g/mol. The molecule has 1 aromatic rings. The summed E-state index contributed by atoms with van der Waals surface area (Å²) in [4.78, 5) is 1.62. The minimum absolute atomic E-state index is 0. The van der Waals surface area contributed by atoms with Crippen LogP contribution in [0, 0.1) is 5.92 Å². The Hall–Kier alpha value is -0.0500. The first-order chi connectivity index (χ1) is 5.92. The minimum atomic E-state index is 0. The van der Waals surface area contributed by atoms with Crippen molar-refractivity contribution in [3.63, 3.8) is 0 Å². The van der Waals surface area contributed by atoms with Crippen molar-refractivity contribution in [2.24, 2.45) is 5.92 Å². The SMILES string of the molecule is [Cl-].c1csc([C@@]23CC[C@@H]2CC[NH2+]3)c1. The molecule has 1 aliphatic carbocycles. The lowest BCUT2D eigenvalue weighted by atomic mass is 9.67. The van der Waals surface area contributed by atoms with E-state index >= 15 is 0 Å². The van der Waals surface area contributed by atoms with Gasteiger partial charge < -0.3 is 17.7 Å². The summed E-state index contributed by atoms with van der Waals surface area (Å²) in [7, 11) is 0. The molecule has 72 valence electrons. The quantitative estimate of drug-likeness (QED) is 0.577. The van der Waals surface area contributed by atoms with Gasteiger partial charge in [0.1, 0.15) is 5.54 Å². The largest absolute Gasteiger partial charge is 1.00 e. The van der Waals surface area contributed by atoms with Gasteiger partial charge in [0.05, 0.1) is 11.4 Å². The van der Waals surface area contributed by atoms with E-state index in [-0.39, 0.29) is 12.4 Å². The maximum atomic E-state index is 2.58. The second-order valence-corrected chi connectivity index (χ2v) is 4.98.